The second kappa shape index (κ2) is 9.09. The summed E-state index contributed by atoms with van der Waals surface area (Å²) >= 11 is 12.3. The van der Waals surface area contributed by atoms with E-state index in [4.69, 9.17) is 27.9 Å². The third kappa shape index (κ3) is 5.63. The van der Waals surface area contributed by atoms with E-state index in [0.717, 1.165) is 11.1 Å². The molecule has 0 amide bonds. The Bertz CT molecular complexity index is 714. The van der Waals surface area contributed by atoms with Crippen molar-refractivity contribution in [1.29, 1.82) is 0 Å². The minimum atomic E-state index is -0.851. The Morgan fingerprint density at radius 2 is 1.80 bits per heavy atom. The van der Waals surface area contributed by atoms with Crippen molar-refractivity contribution in [3.8, 4) is 5.75 Å². The maximum absolute atomic E-state index is 11.2. The number of halogens is 2. The molecule has 0 saturated heterocycles. The average molecular weight is 382 g/mol. The van der Waals surface area contributed by atoms with Crippen LogP contribution < -0.4 is 10.1 Å². The highest BCUT2D eigenvalue weighted by Crippen LogP contribution is 2.26. The second-order valence-electron chi connectivity index (χ2n) is 6.08. The van der Waals surface area contributed by atoms with Crippen molar-refractivity contribution in [2.75, 3.05) is 0 Å². The van der Waals surface area contributed by atoms with Gasteiger partial charge in [0.2, 0.25) is 0 Å². The molecule has 0 aromatic heterocycles. The van der Waals surface area contributed by atoms with Gasteiger partial charge in [0.1, 0.15) is 18.4 Å². The van der Waals surface area contributed by atoms with Crippen molar-refractivity contribution >= 4 is 29.2 Å². The van der Waals surface area contributed by atoms with E-state index in [-0.39, 0.29) is 12.5 Å². The standard InChI is InChI=1S/C19H21Cl2NO3/c1-12(2)18(19(23)24)22-10-13-5-3-6-14(9-13)25-11-15-16(20)7-4-8-17(15)21/h3-9,12,18,22H,10-11H2,1-2H3,(H,23,24). The van der Waals surface area contributed by atoms with E-state index < -0.39 is 12.0 Å². The Balaban J connectivity index is 2.00. The highest BCUT2D eigenvalue weighted by atomic mass is 35.5. The molecular weight excluding hydrogens is 361 g/mol. The molecule has 0 spiro atoms. The zero-order valence-corrected chi connectivity index (χ0v) is 15.6. The summed E-state index contributed by atoms with van der Waals surface area (Å²) in [4.78, 5) is 11.2. The molecule has 0 aliphatic heterocycles. The van der Waals surface area contributed by atoms with Gasteiger partial charge in [-0.3, -0.25) is 4.79 Å². The van der Waals surface area contributed by atoms with Crippen molar-refractivity contribution in [3.63, 3.8) is 0 Å². The highest BCUT2D eigenvalue weighted by molar-refractivity contribution is 6.35. The van der Waals surface area contributed by atoms with Gasteiger partial charge in [0.25, 0.3) is 0 Å². The molecule has 0 aliphatic carbocycles. The van der Waals surface area contributed by atoms with Crippen molar-refractivity contribution in [3.05, 3.63) is 63.6 Å². The number of carboxylic acid groups (broad SMARTS) is 1. The Kier molecular flexibility index (Phi) is 7.12. The van der Waals surface area contributed by atoms with Crippen LogP contribution in [0.1, 0.15) is 25.0 Å². The second-order valence-corrected chi connectivity index (χ2v) is 6.89. The number of benzene rings is 2. The fourth-order valence-electron chi connectivity index (χ4n) is 2.41. The zero-order chi connectivity index (χ0) is 18.4. The average Bonchev–Trinajstić information content (AvgIpc) is 2.54. The first-order valence-electron chi connectivity index (χ1n) is 7.99. The fourth-order valence-corrected chi connectivity index (χ4v) is 2.91. The Morgan fingerprint density at radius 3 is 2.40 bits per heavy atom. The largest absolute Gasteiger partial charge is 0.489 e. The smallest absolute Gasteiger partial charge is 0.320 e. The molecule has 1 unspecified atom stereocenters. The molecule has 0 fully saturated rings. The summed E-state index contributed by atoms with van der Waals surface area (Å²) in [5.74, 6) is -0.179. The molecule has 6 heteroatoms. The van der Waals surface area contributed by atoms with Crippen molar-refractivity contribution in [2.45, 2.75) is 33.0 Å². The molecule has 1 atom stereocenters. The minimum absolute atomic E-state index is 0.000651. The van der Waals surface area contributed by atoms with Crippen LogP contribution in [0.5, 0.6) is 5.75 Å². The zero-order valence-electron chi connectivity index (χ0n) is 14.1. The van der Waals surface area contributed by atoms with Crippen LogP contribution >= 0.6 is 23.2 Å². The lowest BCUT2D eigenvalue weighted by atomic mass is 10.0. The first-order chi connectivity index (χ1) is 11.9. The van der Waals surface area contributed by atoms with Gasteiger partial charge in [0.15, 0.2) is 0 Å². The third-order valence-electron chi connectivity index (χ3n) is 3.80. The molecule has 2 rings (SSSR count). The van der Waals surface area contributed by atoms with Crippen LogP contribution in [0.4, 0.5) is 0 Å². The summed E-state index contributed by atoms with van der Waals surface area (Å²) in [6.07, 6.45) is 0. The molecule has 2 aromatic carbocycles. The van der Waals surface area contributed by atoms with Gasteiger partial charge in [-0.05, 0) is 35.7 Å². The van der Waals surface area contributed by atoms with Gasteiger partial charge in [0, 0.05) is 22.2 Å². The van der Waals surface area contributed by atoms with Gasteiger partial charge < -0.3 is 15.2 Å². The molecule has 134 valence electrons. The van der Waals surface area contributed by atoms with Crippen LogP contribution in [0.15, 0.2) is 42.5 Å². The summed E-state index contributed by atoms with van der Waals surface area (Å²) in [6, 6.07) is 12.2. The number of rotatable bonds is 8. The molecule has 0 saturated carbocycles. The van der Waals surface area contributed by atoms with Gasteiger partial charge in [-0.25, -0.2) is 0 Å². The van der Waals surface area contributed by atoms with Crippen molar-refractivity contribution in [2.24, 2.45) is 5.92 Å². The number of hydrogen-bond acceptors (Lipinski definition) is 3. The summed E-state index contributed by atoms with van der Waals surface area (Å²) in [5, 5.41) is 13.4. The third-order valence-corrected chi connectivity index (χ3v) is 4.51. The molecule has 2 aromatic rings. The lowest BCUT2D eigenvalue weighted by molar-refractivity contribution is -0.140. The summed E-state index contributed by atoms with van der Waals surface area (Å²) in [5.41, 5.74) is 1.68. The lowest BCUT2D eigenvalue weighted by Gasteiger charge is -2.18. The Labute approximate surface area is 157 Å². The minimum Gasteiger partial charge on any atom is -0.489 e. The van der Waals surface area contributed by atoms with Crippen LogP contribution in [0.25, 0.3) is 0 Å². The molecule has 25 heavy (non-hydrogen) atoms. The highest BCUT2D eigenvalue weighted by Gasteiger charge is 2.20. The number of carbonyl (C=O) groups is 1. The van der Waals surface area contributed by atoms with Crippen LogP contribution in [-0.2, 0) is 17.9 Å². The van der Waals surface area contributed by atoms with E-state index in [9.17, 15) is 9.90 Å². The molecule has 2 N–H and O–H groups in total. The van der Waals surface area contributed by atoms with E-state index in [1.165, 1.54) is 0 Å². The summed E-state index contributed by atoms with van der Waals surface area (Å²) in [6.45, 7) is 4.45. The van der Waals surface area contributed by atoms with E-state index in [1.807, 2.05) is 38.1 Å². The van der Waals surface area contributed by atoms with Crippen molar-refractivity contribution in [1.82, 2.24) is 5.32 Å². The number of aliphatic carboxylic acids is 1. The first-order valence-corrected chi connectivity index (χ1v) is 8.75. The SMILES string of the molecule is CC(C)C(NCc1cccc(OCc2c(Cl)cccc2Cl)c1)C(=O)O. The molecule has 0 radical (unpaired) electrons. The summed E-state index contributed by atoms with van der Waals surface area (Å²) < 4.78 is 5.78. The van der Waals surface area contributed by atoms with E-state index in [2.05, 4.69) is 5.32 Å². The summed E-state index contributed by atoms with van der Waals surface area (Å²) in [7, 11) is 0. The van der Waals surface area contributed by atoms with Crippen LogP contribution in [0.3, 0.4) is 0 Å². The van der Waals surface area contributed by atoms with Crippen LogP contribution in [-0.4, -0.2) is 17.1 Å². The molecular formula is C19H21Cl2NO3. The number of carboxylic acids is 1. The lowest BCUT2D eigenvalue weighted by Crippen LogP contribution is -2.40. The van der Waals surface area contributed by atoms with Crippen LogP contribution in [0.2, 0.25) is 10.0 Å². The van der Waals surface area contributed by atoms with E-state index >= 15 is 0 Å². The number of nitrogens with one attached hydrogen (secondary N) is 1. The molecule has 0 heterocycles. The predicted molar refractivity (Wildman–Crippen MR) is 100 cm³/mol. The van der Waals surface area contributed by atoms with Gasteiger partial charge in [-0.15, -0.1) is 0 Å². The van der Waals surface area contributed by atoms with Gasteiger partial charge in [-0.2, -0.15) is 0 Å². The Hall–Kier alpha value is -1.75. The maximum atomic E-state index is 11.2. The van der Waals surface area contributed by atoms with E-state index in [0.29, 0.717) is 22.3 Å². The number of ether oxygens (including phenoxy) is 1. The predicted octanol–water partition coefficient (Wildman–Crippen LogP) is 4.77. The quantitative estimate of drug-likeness (QED) is 0.691. The van der Waals surface area contributed by atoms with Crippen LogP contribution in [0, 0.1) is 5.92 Å². The van der Waals surface area contributed by atoms with Gasteiger partial charge in [0.05, 0.1) is 0 Å². The maximum Gasteiger partial charge on any atom is 0.320 e. The van der Waals surface area contributed by atoms with E-state index in [1.54, 1.807) is 18.2 Å². The molecule has 0 aliphatic rings. The van der Waals surface area contributed by atoms with Crippen molar-refractivity contribution < 1.29 is 14.6 Å². The fraction of sp³-hybridized carbons (Fsp3) is 0.316. The Morgan fingerprint density at radius 1 is 1.16 bits per heavy atom. The molecule has 0 bridgehead atoms. The molecule has 4 nitrogen and oxygen atoms in total. The van der Waals surface area contributed by atoms with Gasteiger partial charge >= 0.3 is 5.97 Å². The topological polar surface area (TPSA) is 58.6 Å². The first kappa shape index (κ1) is 19.6. The van der Waals surface area contributed by atoms with Gasteiger partial charge in [-0.1, -0.05) is 55.2 Å². The normalized spacial score (nSPS) is 12.2. The number of hydrogen-bond donors (Lipinski definition) is 2. The monoisotopic (exact) mass is 381 g/mol.